The molecule has 2 heterocycles. The molecule has 0 bridgehead atoms. The average Bonchev–Trinajstić information content (AvgIpc) is 2.85. The van der Waals surface area contributed by atoms with E-state index in [1.165, 1.54) is 0 Å². The minimum Gasteiger partial charge on any atom is -0.380 e. The van der Waals surface area contributed by atoms with E-state index in [9.17, 15) is 0 Å². The molecule has 1 fully saturated rings. The Morgan fingerprint density at radius 2 is 2.33 bits per heavy atom. The lowest BCUT2D eigenvalue weighted by Gasteiger charge is -2.17. The zero-order valence-corrected chi connectivity index (χ0v) is 11.4. The molecule has 1 atom stereocenters. The lowest BCUT2D eigenvalue weighted by atomic mass is 10.3. The van der Waals surface area contributed by atoms with Crippen LogP contribution in [-0.4, -0.2) is 42.3 Å². The van der Waals surface area contributed by atoms with Crippen molar-refractivity contribution in [3.8, 4) is 0 Å². The largest absolute Gasteiger partial charge is 0.380 e. The SMILES string of the molecule is COC1CCN(c2cncc(CNC(C)C)n2)C1. The fourth-order valence-electron chi connectivity index (χ4n) is 2.07. The third kappa shape index (κ3) is 3.40. The van der Waals surface area contributed by atoms with Gasteiger partial charge in [-0.1, -0.05) is 13.8 Å². The van der Waals surface area contributed by atoms with Crippen molar-refractivity contribution in [2.45, 2.75) is 39.0 Å². The van der Waals surface area contributed by atoms with Crippen molar-refractivity contribution in [1.82, 2.24) is 15.3 Å². The van der Waals surface area contributed by atoms with Crippen molar-refractivity contribution >= 4 is 5.82 Å². The van der Waals surface area contributed by atoms with Crippen LogP contribution >= 0.6 is 0 Å². The van der Waals surface area contributed by atoms with E-state index in [-0.39, 0.29) is 0 Å². The highest BCUT2D eigenvalue weighted by molar-refractivity contribution is 5.38. The molecular formula is C13H22N4O. The van der Waals surface area contributed by atoms with E-state index in [4.69, 9.17) is 4.74 Å². The van der Waals surface area contributed by atoms with E-state index in [0.29, 0.717) is 12.1 Å². The number of nitrogens with one attached hydrogen (secondary N) is 1. The number of nitrogens with zero attached hydrogens (tertiary/aromatic N) is 3. The van der Waals surface area contributed by atoms with Crippen LogP contribution in [0, 0.1) is 0 Å². The first-order valence-electron chi connectivity index (χ1n) is 6.51. The van der Waals surface area contributed by atoms with Gasteiger partial charge in [0.05, 0.1) is 18.0 Å². The summed E-state index contributed by atoms with van der Waals surface area (Å²) in [5.74, 6) is 0.956. The maximum Gasteiger partial charge on any atom is 0.147 e. The van der Waals surface area contributed by atoms with Crippen molar-refractivity contribution in [3.05, 3.63) is 18.1 Å². The second-order valence-electron chi connectivity index (χ2n) is 5.00. The summed E-state index contributed by atoms with van der Waals surface area (Å²) in [7, 11) is 1.77. The smallest absolute Gasteiger partial charge is 0.147 e. The second kappa shape index (κ2) is 6.11. The molecule has 1 aliphatic rings. The van der Waals surface area contributed by atoms with Crippen molar-refractivity contribution in [2.75, 3.05) is 25.1 Å². The first kappa shape index (κ1) is 13.2. The van der Waals surface area contributed by atoms with Crippen molar-refractivity contribution < 1.29 is 4.74 Å². The minimum atomic E-state index is 0.323. The maximum absolute atomic E-state index is 5.37. The molecule has 100 valence electrons. The standard InChI is InChI=1S/C13H22N4O/c1-10(2)15-7-11-6-14-8-13(16-11)17-5-4-12(9-17)18-3/h6,8,10,12,15H,4-5,7,9H2,1-3H3. The second-order valence-corrected chi connectivity index (χ2v) is 5.00. The lowest BCUT2D eigenvalue weighted by molar-refractivity contribution is 0.121. The van der Waals surface area contributed by atoms with E-state index in [0.717, 1.165) is 37.6 Å². The van der Waals surface area contributed by atoms with Crippen LogP contribution in [0.2, 0.25) is 0 Å². The van der Waals surface area contributed by atoms with Gasteiger partial charge in [0, 0.05) is 39.0 Å². The molecule has 1 aromatic heterocycles. The maximum atomic E-state index is 5.37. The Labute approximate surface area is 109 Å². The molecule has 0 amide bonds. The first-order valence-corrected chi connectivity index (χ1v) is 6.51. The summed E-state index contributed by atoms with van der Waals surface area (Å²) >= 11 is 0. The quantitative estimate of drug-likeness (QED) is 0.851. The van der Waals surface area contributed by atoms with Crippen molar-refractivity contribution in [3.63, 3.8) is 0 Å². The first-order chi connectivity index (χ1) is 8.69. The molecule has 2 rings (SSSR count). The van der Waals surface area contributed by atoms with Gasteiger partial charge in [-0.3, -0.25) is 4.98 Å². The van der Waals surface area contributed by atoms with Crippen LogP contribution in [0.4, 0.5) is 5.82 Å². The topological polar surface area (TPSA) is 50.3 Å². The molecule has 0 radical (unpaired) electrons. The Kier molecular flexibility index (Phi) is 4.49. The van der Waals surface area contributed by atoms with Crippen LogP contribution < -0.4 is 10.2 Å². The van der Waals surface area contributed by atoms with Crippen molar-refractivity contribution in [2.24, 2.45) is 0 Å². The zero-order chi connectivity index (χ0) is 13.0. The Hall–Kier alpha value is -1.20. The number of ether oxygens (including phenoxy) is 1. The van der Waals surface area contributed by atoms with Gasteiger partial charge in [-0.05, 0) is 6.42 Å². The molecule has 5 heteroatoms. The fourth-order valence-corrected chi connectivity index (χ4v) is 2.07. The van der Waals surface area contributed by atoms with Gasteiger partial charge in [0.15, 0.2) is 0 Å². The third-order valence-electron chi connectivity index (χ3n) is 3.17. The Bertz CT molecular complexity index is 383. The van der Waals surface area contributed by atoms with Gasteiger partial charge in [0.1, 0.15) is 5.82 Å². The summed E-state index contributed by atoms with van der Waals surface area (Å²) in [4.78, 5) is 11.2. The summed E-state index contributed by atoms with van der Waals surface area (Å²) < 4.78 is 5.37. The van der Waals surface area contributed by atoms with Gasteiger partial charge in [-0.25, -0.2) is 4.98 Å². The van der Waals surface area contributed by atoms with E-state index in [2.05, 4.69) is 34.0 Å². The molecule has 0 aromatic carbocycles. The predicted octanol–water partition coefficient (Wildman–Crippen LogP) is 1.20. The molecule has 0 spiro atoms. The van der Waals surface area contributed by atoms with Crippen LogP contribution in [0.5, 0.6) is 0 Å². The predicted molar refractivity (Wildman–Crippen MR) is 71.6 cm³/mol. The lowest BCUT2D eigenvalue weighted by Crippen LogP contribution is -2.25. The number of aromatic nitrogens is 2. The van der Waals surface area contributed by atoms with Crippen LogP contribution in [0.3, 0.4) is 0 Å². The van der Waals surface area contributed by atoms with Crippen LogP contribution in [0.1, 0.15) is 26.0 Å². The molecule has 1 aromatic rings. The van der Waals surface area contributed by atoms with E-state index in [1.54, 1.807) is 7.11 Å². The number of rotatable bonds is 5. The molecule has 1 unspecified atom stereocenters. The van der Waals surface area contributed by atoms with E-state index < -0.39 is 0 Å². The highest BCUT2D eigenvalue weighted by Crippen LogP contribution is 2.18. The monoisotopic (exact) mass is 250 g/mol. The molecule has 1 saturated heterocycles. The molecule has 1 aliphatic heterocycles. The van der Waals surface area contributed by atoms with Gasteiger partial charge in [0.25, 0.3) is 0 Å². The number of hydrogen-bond donors (Lipinski definition) is 1. The highest BCUT2D eigenvalue weighted by atomic mass is 16.5. The third-order valence-corrected chi connectivity index (χ3v) is 3.17. The van der Waals surface area contributed by atoms with Gasteiger partial charge in [-0.15, -0.1) is 0 Å². The minimum absolute atomic E-state index is 0.323. The molecule has 5 nitrogen and oxygen atoms in total. The van der Waals surface area contributed by atoms with Gasteiger partial charge >= 0.3 is 0 Å². The molecule has 0 saturated carbocycles. The van der Waals surface area contributed by atoms with Crippen LogP contribution in [-0.2, 0) is 11.3 Å². The summed E-state index contributed by atoms with van der Waals surface area (Å²) in [6, 6.07) is 0.458. The van der Waals surface area contributed by atoms with Crippen LogP contribution in [0.25, 0.3) is 0 Å². The Morgan fingerprint density at radius 1 is 1.50 bits per heavy atom. The zero-order valence-electron chi connectivity index (χ0n) is 11.4. The van der Waals surface area contributed by atoms with E-state index >= 15 is 0 Å². The molecule has 18 heavy (non-hydrogen) atoms. The number of methoxy groups -OCH3 is 1. The number of anilines is 1. The van der Waals surface area contributed by atoms with Crippen LogP contribution in [0.15, 0.2) is 12.4 Å². The van der Waals surface area contributed by atoms with Gasteiger partial charge < -0.3 is 15.0 Å². The molecule has 1 N–H and O–H groups in total. The van der Waals surface area contributed by atoms with Crippen molar-refractivity contribution in [1.29, 1.82) is 0 Å². The fraction of sp³-hybridized carbons (Fsp3) is 0.692. The Balaban J connectivity index is 1.99. The molecular weight excluding hydrogens is 228 g/mol. The summed E-state index contributed by atoms with van der Waals surface area (Å²) in [5.41, 5.74) is 0.988. The summed E-state index contributed by atoms with van der Waals surface area (Å²) in [6.45, 7) is 6.92. The average molecular weight is 250 g/mol. The summed E-state index contributed by atoms with van der Waals surface area (Å²) in [6.07, 6.45) is 5.04. The van der Waals surface area contributed by atoms with E-state index in [1.807, 2.05) is 12.4 Å². The van der Waals surface area contributed by atoms with Gasteiger partial charge in [-0.2, -0.15) is 0 Å². The van der Waals surface area contributed by atoms with Gasteiger partial charge in [0.2, 0.25) is 0 Å². The normalized spacial score (nSPS) is 19.8. The summed E-state index contributed by atoms with van der Waals surface area (Å²) in [5, 5.41) is 3.35. The Morgan fingerprint density at radius 3 is 3.00 bits per heavy atom. The molecule has 0 aliphatic carbocycles. The number of hydrogen-bond acceptors (Lipinski definition) is 5. The highest BCUT2D eigenvalue weighted by Gasteiger charge is 2.23.